The van der Waals surface area contributed by atoms with Crippen LogP contribution in [-0.4, -0.2) is 16.5 Å². The van der Waals surface area contributed by atoms with Crippen molar-refractivity contribution in [3.63, 3.8) is 0 Å². The lowest BCUT2D eigenvalue weighted by Crippen LogP contribution is -2.23. The highest BCUT2D eigenvalue weighted by molar-refractivity contribution is 6.04. The molecule has 2 rings (SSSR count). The number of aliphatic hydroxyl groups is 1. The molecule has 0 radical (unpaired) electrons. The molecular formula is C15H14O2. The molecule has 1 atom stereocenters. The van der Waals surface area contributed by atoms with Gasteiger partial charge in [-0.2, -0.15) is 0 Å². The van der Waals surface area contributed by atoms with Crippen LogP contribution in [0.15, 0.2) is 66.8 Å². The van der Waals surface area contributed by atoms with E-state index in [0.29, 0.717) is 12.0 Å². The molecule has 0 aliphatic heterocycles. The van der Waals surface area contributed by atoms with Crippen LogP contribution in [-0.2, 0) is 0 Å². The van der Waals surface area contributed by atoms with Gasteiger partial charge in [-0.15, -0.1) is 0 Å². The third-order valence-electron chi connectivity index (χ3n) is 2.66. The van der Waals surface area contributed by atoms with Gasteiger partial charge in [-0.3, -0.25) is 4.79 Å². The highest BCUT2D eigenvalue weighted by Gasteiger charge is 2.19. The molecule has 0 saturated carbocycles. The van der Waals surface area contributed by atoms with Gasteiger partial charge in [0.15, 0.2) is 5.78 Å². The van der Waals surface area contributed by atoms with Crippen LogP contribution >= 0.6 is 0 Å². The first-order valence-electron chi connectivity index (χ1n) is 5.55. The Kier molecular flexibility index (Phi) is 3.35. The van der Waals surface area contributed by atoms with Crippen LogP contribution in [0.1, 0.15) is 16.8 Å². The molecule has 17 heavy (non-hydrogen) atoms. The second-order valence-electron chi connectivity index (χ2n) is 4.05. The van der Waals surface area contributed by atoms with Crippen LogP contribution < -0.4 is 0 Å². The number of allylic oxidation sites excluding steroid dienone is 3. The standard InChI is InChI=1S/C15H14O2/c16-14(13-7-3-1-4-8-13)9-12-15(17)10-5-2-6-11-15/h1-10,12,17H,11H2. The Morgan fingerprint density at radius 2 is 2.00 bits per heavy atom. The van der Waals surface area contributed by atoms with Crippen molar-refractivity contribution in [2.24, 2.45) is 0 Å². The molecule has 0 aromatic heterocycles. The van der Waals surface area contributed by atoms with Crippen molar-refractivity contribution in [3.05, 3.63) is 72.4 Å². The first kappa shape index (κ1) is 11.6. The van der Waals surface area contributed by atoms with Gasteiger partial charge in [0.1, 0.15) is 5.60 Å². The molecule has 1 aliphatic carbocycles. The number of hydrogen-bond donors (Lipinski definition) is 1. The second kappa shape index (κ2) is 4.93. The fraction of sp³-hybridized carbons (Fsp3) is 0.133. The minimum Gasteiger partial charge on any atom is -0.381 e. The molecule has 1 aromatic rings. The monoisotopic (exact) mass is 226 g/mol. The van der Waals surface area contributed by atoms with Crippen LogP contribution in [0.25, 0.3) is 0 Å². The summed E-state index contributed by atoms with van der Waals surface area (Å²) in [4.78, 5) is 11.8. The van der Waals surface area contributed by atoms with Gasteiger partial charge in [0, 0.05) is 12.0 Å². The van der Waals surface area contributed by atoms with Gasteiger partial charge in [0.05, 0.1) is 0 Å². The van der Waals surface area contributed by atoms with Gasteiger partial charge in [0.25, 0.3) is 0 Å². The molecule has 0 spiro atoms. The Balaban J connectivity index is 2.09. The third-order valence-corrected chi connectivity index (χ3v) is 2.66. The van der Waals surface area contributed by atoms with Crippen LogP contribution in [0.3, 0.4) is 0 Å². The van der Waals surface area contributed by atoms with E-state index in [9.17, 15) is 9.90 Å². The molecule has 1 unspecified atom stereocenters. The van der Waals surface area contributed by atoms with E-state index in [4.69, 9.17) is 0 Å². The predicted octanol–water partition coefficient (Wildman–Crippen LogP) is 2.67. The van der Waals surface area contributed by atoms with Crippen molar-refractivity contribution in [1.29, 1.82) is 0 Å². The fourth-order valence-electron chi connectivity index (χ4n) is 1.67. The molecule has 0 bridgehead atoms. The number of carbonyl (C=O) groups excluding carboxylic acids is 1. The van der Waals surface area contributed by atoms with Gasteiger partial charge in [-0.25, -0.2) is 0 Å². The summed E-state index contributed by atoms with van der Waals surface area (Å²) in [6, 6.07) is 9.02. The highest BCUT2D eigenvalue weighted by Crippen LogP contribution is 2.19. The van der Waals surface area contributed by atoms with Gasteiger partial charge in [-0.05, 0) is 18.2 Å². The molecule has 2 heteroatoms. The Morgan fingerprint density at radius 3 is 2.65 bits per heavy atom. The minimum atomic E-state index is -1.03. The number of carbonyl (C=O) groups is 1. The summed E-state index contributed by atoms with van der Waals surface area (Å²) in [5.41, 5.74) is -0.401. The number of rotatable bonds is 3. The summed E-state index contributed by atoms with van der Waals surface area (Å²) in [5.74, 6) is -0.0954. The molecule has 0 amide bonds. The minimum absolute atomic E-state index is 0.0954. The van der Waals surface area contributed by atoms with Crippen LogP contribution in [0.5, 0.6) is 0 Å². The summed E-state index contributed by atoms with van der Waals surface area (Å²) in [6.07, 6.45) is 10.7. The quantitative estimate of drug-likeness (QED) is 0.635. The molecule has 0 saturated heterocycles. The maximum absolute atomic E-state index is 11.8. The van der Waals surface area contributed by atoms with Crippen LogP contribution in [0.4, 0.5) is 0 Å². The zero-order valence-electron chi connectivity index (χ0n) is 9.41. The molecule has 1 aliphatic rings. The highest BCUT2D eigenvalue weighted by atomic mass is 16.3. The number of ketones is 1. The van der Waals surface area contributed by atoms with E-state index in [1.54, 1.807) is 30.4 Å². The average molecular weight is 226 g/mol. The Hall–Kier alpha value is -1.93. The van der Waals surface area contributed by atoms with E-state index in [1.807, 2.05) is 30.4 Å². The van der Waals surface area contributed by atoms with E-state index in [0.717, 1.165) is 0 Å². The fourth-order valence-corrected chi connectivity index (χ4v) is 1.67. The predicted molar refractivity (Wildman–Crippen MR) is 67.8 cm³/mol. The lowest BCUT2D eigenvalue weighted by molar-refractivity contribution is 0.103. The SMILES string of the molecule is O=C(C=CC1(O)C=CC=CC1)c1ccccc1. The van der Waals surface area contributed by atoms with Crippen molar-refractivity contribution in [1.82, 2.24) is 0 Å². The normalized spacial score (nSPS) is 23.1. The molecule has 86 valence electrons. The van der Waals surface area contributed by atoms with Crippen molar-refractivity contribution in [3.8, 4) is 0 Å². The third kappa shape index (κ3) is 3.02. The first-order chi connectivity index (χ1) is 8.20. The summed E-state index contributed by atoms with van der Waals surface area (Å²) in [7, 11) is 0. The molecule has 2 nitrogen and oxygen atoms in total. The van der Waals surface area contributed by atoms with E-state index < -0.39 is 5.60 Å². The average Bonchev–Trinajstić information content (AvgIpc) is 2.38. The molecular weight excluding hydrogens is 212 g/mol. The van der Waals surface area contributed by atoms with E-state index in [2.05, 4.69) is 0 Å². The van der Waals surface area contributed by atoms with E-state index in [1.165, 1.54) is 6.08 Å². The maximum atomic E-state index is 11.8. The molecule has 0 fully saturated rings. The lowest BCUT2D eigenvalue weighted by atomic mass is 9.94. The summed E-state index contributed by atoms with van der Waals surface area (Å²) in [5, 5.41) is 10.1. The number of hydrogen-bond acceptors (Lipinski definition) is 2. The largest absolute Gasteiger partial charge is 0.381 e. The van der Waals surface area contributed by atoms with Crippen molar-refractivity contribution in [2.75, 3.05) is 0 Å². The van der Waals surface area contributed by atoms with Gasteiger partial charge in [-0.1, -0.05) is 48.6 Å². The Bertz CT molecular complexity index is 483. The van der Waals surface area contributed by atoms with Gasteiger partial charge in [0.2, 0.25) is 0 Å². The summed E-state index contributed by atoms with van der Waals surface area (Å²) < 4.78 is 0. The van der Waals surface area contributed by atoms with Crippen molar-refractivity contribution >= 4 is 5.78 Å². The topological polar surface area (TPSA) is 37.3 Å². The first-order valence-corrected chi connectivity index (χ1v) is 5.55. The summed E-state index contributed by atoms with van der Waals surface area (Å²) in [6.45, 7) is 0. The number of benzene rings is 1. The molecule has 1 aromatic carbocycles. The molecule has 1 N–H and O–H groups in total. The lowest BCUT2D eigenvalue weighted by Gasteiger charge is -2.20. The van der Waals surface area contributed by atoms with Crippen molar-refractivity contribution in [2.45, 2.75) is 12.0 Å². The van der Waals surface area contributed by atoms with Crippen molar-refractivity contribution < 1.29 is 9.90 Å². The second-order valence-corrected chi connectivity index (χ2v) is 4.05. The smallest absolute Gasteiger partial charge is 0.185 e. The zero-order chi connectivity index (χ0) is 12.1. The van der Waals surface area contributed by atoms with Gasteiger partial charge < -0.3 is 5.11 Å². The van der Waals surface area contributed by atoms with E-state index in [-0.39, 0.29) is 5.78 Å². The van der Waals surface area contributed by atoms with Crippen LogP contribution in [0, 0.1) is 0 Å². The summed E-state index contributed by atoms with van der Waals surface area (Å²) >= 11 is 0. The van der Waals surface area contributed by atoms with Gasteiger partial charge >= 0.3 is 0 Å². The maximum Gasteiger partial charge on any atom is 0.185 e. The van der Waals surface area contributed by atoms with Crippen LogP contribution in [0.2, 0.25) is 0 Å². The van der Waals surface area contributed by atoms with E-state index >= 15 is 0 Å². The Labute approximate surface area is 101 Å². The Morgan fingerprint density at radius 1 is 1.24 bits per heavy atom. The zero-order valence-corrected chi connectivity index (χ0v) is 9.41. The molecule has 0 heterocycles.